The largest absolute Gasteiger partial charge is 0.376 e. The molecule has 1 fully saturated rings. The normalized spacial score (nSPS) is 16.3. The summed E-state index contributed by atoms with van der Waals surface area (Å²) in [6.07, 6.45) is 6.19. The number of ether oxygens (including phenoxy) is 1. The second-order valence-electron chi connectivity index (χ2n) is 4.13. The molecule has 3 N–H and O–H groups in total. The van der Waals surface area contributed by atoms with Crippen molar-refractivity contribution in [3.8, 4) is 0 Å². The molecule has 2 rings (SSSR count). The predicted molar refractivity (Wildman–Crippen MR) is 63.1 cm³/mol. The van der Waals surface area contributed by atoms with Gasteiger partial charge in [-0.2, -0.15) is 4.98 Å². The van der Waals surface area contributed by atoms with E-state index in [-0.39, 0.29) is 11.8 Å². The van der Waals surface area contributed by atoms with E-state index in [1.165, 1.54) is 12.8 Å². The number of hydrogen-bond acceptors (Lipinski definition) is 5. The number of nitrogens with one attached hydrogen (secondary N) is 1. The van der Waals surface area contributed by atoms with Gasteiger partial charge in [-0.15, -0.1) is 0 Å². The van der Waals surface area contributed by atoms with Gasteiger partial charge in [-0.05, 0) is 12.8 Å². The number of hydrogen-bond donors (Lipinski definition) is 2. The van der Waals surface area contributed by atoms with Crippen LogP contribution in [0.5, 0.6) is 0 Å². The highest BCUT2D eigenvalue weighted by Crippen LogP contribution is 2.20. The van der Waals surface area contributed by atoms with Crippen molar-refractivity contribution >= 4 is 11.8 Å². The SMILES string of the molecule is Nc1ncc(F)c(NCCOC2CCCC2)n1. The fraction of sp³-hybridized carbons (Fsp3) is 0.636. The van der Waals surface area contributed by atoms with E-state index < -0.39 is 5.82 Å². The zero-order chi connectivity index (χ0) is 12.1. The monoisotopic (exact) mass is 240 g/mol. The van der Waals surface area contributed by atoms with Gasteiger partial charge in [0, 0.05) is 6.54 Å². The second-order valence-corrected chi connectivity index (χ2v) is 4.13. The first-order chi connectivity index (χ1) is 8.25. The van der Waals surface area contributed by atoms with Crippen molar-refractivity contribution in [2.45, 2.75) is 31.8 Å². The first-order valence-electron chi connectivity index (χ1n) is 5.89. The minimum atomic E-state index is -0.500. The van der Waals surface area contributed by atoms with E-state index >= 15 is 0 Å². The van der Waals surface area contributed by atoms with Crippen molar-refractivity contribution in [3.05, 3.63) is 12.0 Å². The fourth-order valence-electron chi connectivity index (χ4n) is 1.95. The Morgan fingerprint density at radius 1 is 1.47 bits per heavy atom. The van der Waals surface area contributed by atoms with Gasteiger partial charge in [0.15, 0.2) is 11.6 Å². The molecule has 0 amide bonds. The highest BCUT2D eigenvalue weighted by atomic mass is 19.1. The lowest BCUT2D eigenvalue weighted by Gasteiger charge is -2.11. The number of nitrogens with two attached hydrogens (primary N) is 1. The molecule has 94 valence electrons. The number of nitrogens with zero attached hydrogens (tertiary/aromatic N) is 2. The molecule has 6 heteroatoms. The van der Waals surface area contributed by atoms with E-state index in [1.54, 1.807) is 0 Å². The molecular weight excluding hydrogens is 223 g/mol. The zero-order valence-corrected chi connectivity index (χ0v) is 9.66. The van der Waals surface area contributed by atoms with Crippen LogP contribution < -0.4 is 11.1 Å². The van der Waals surface area contributed by atoms with Crippen molar-refractivity contribution < 1.29 is 9.13 Å². The van der Waals surface area contributed by atoms with Crippen molar-refractivity contribution in [1.29, 1.82) is 0 Å². The van der Waals surface area contributed by atoms with Gasteiger partial charge in [0.1, 0.15) is 0 Å². The van der Waals surface area contributed by atoms with Crippen LogP contribution in [-0.4, -0.2) is 29.2 Å². The van der Waals surface area contributed by atoms with Gasteiger partial charge >= 0.3 is 0 Å². The minimum Gasteiger partial charge on any atom is -0.376 e. The Balaban J connectivity index is 1.72. The summed E-state index contributed by atoms with van der Waals surface area (Å²) in [5.41, 5.74) is 5.37. The van der Waals surface area contributed by atoms with Gasteiger partial charge in [0.25, 0.3) is 0 Å². The summed E-state index contributed by atoms with van der Waals surface area (Å²) in [6.45, 7) is 1.07. The molecule has 5 nitrogen and oxygen atoms in total. The van der Waals surface area contributed by atoms with Crippen molar-refractivity contribution in [1.82, 2.24) is 9.97 Å². The fourth-order valence-corrected chi connectivity index (χ4v) is 1.95. The van der Waals surface area contributed by atoms with Crippen LogP contribution >= 0.6 is 0 Å². The summed E-state index contributed by atoms with van der Waals surface area (Å²) in [7, 11) is 0. The standard InChI is InChI=1S/C11H17FN4O/c12-9-7-15-11(13)16-10(9)14-5-6-17-8-3-1-2-4-8/h7-8H,1-6H2,(H3,13,14,15,16). The van der Waals surface area contributed by atoms with Crippen LogP contribution in [0.25, 0.3) is 0 Å². The third kappa shape index (κ3) is 3.52. The Kier molecular flexibility index (Phi) is 4.08. The summed E-state index contributed by atoms with van der Waals surface area (Å²) in [5, 5.41) is 2.85. The maximum Gasteiger partial charge on any atom is 0.222 e. The molecule has 1 aliphatic carbocycles. The molecule has 0 aromatic carbocycles. The van der Waals surface area contributed by atoms with Crippen LogP contribution in [0.3, 0.4) is 0 Å². The Morgan fingerprint density at radius 2 is 2.24 bits per heavy atom. The van der Waals surface area contributed by atoms with Crippen LogP contribution in [0.4, 0.5) is 16.2 Å². The molecule has 1 heterocycles. The van der Waals surface area contributed by atoms with Crippen LogP contribution in [0, 0.1) is 5.82 Å². The average molecular weight is 240 g/mol. The summed E-state index contributed by atoms with van der Waals surface area (Å²) < 4.78 is 18.8. The molecule has 1 aliphatic rings. The van der Waals surface area contributed by atoms with Crippen molar-refractivity contribution in [2.75, 3.05) is 24.2 Å². The molecule has 0 unspecified atom stereocenters. The molecule has 1 aromatic heterocycles. The molecule has 0 atom stereocenters. The van der Waals surface area contributed by atoms with Crippen LogP contribution in [0.2, 0.25) is 0 Å². The first kappa shape index (κ1) is 12.0. The Labute approximate surface area is 99.6 Å². The third-order valence-electron chi connectivity index (χ3n) is 2.81. The van der Waals surface area contributed by atoms with E-state index in [4.69, 9.17) is 10.5 Å². The molecule has 1 saturated carbocycles. The van der Waals surface area contributed by atoms with Gasteiger partial charge < -0.3 is 15.8 Å². The first-order valence-corrected chi connectivity index (χ1v) is 5.89. The lowest BCUT2D eigenvalue weighted by Crippen LogP contribution is -2.16. The number of halogens is 1. The molecule has 0 aliphatic heterocycles. The highest BCUT2D eigenvalue weighted by Gasteiger charge is 2.14. The van der Waals surface area contributed by atoms with Gasteiger partial charge in [0.05, 0.1) is 18.9 Å². The van der Waals surface area contributed by atoms with Crippen molar-refractivity contribution in [2.24, 2.45) is 0 Å². The lowest BCUT2D eigenvalue weighted by molar-refractivity contribution is 0.0658. The maximum atomic E-state index is 13.2. The minimum absolute atomic E-state index is 0.0608. The van der Waals surface area contributed by atoms with Crippen LogP contribution in [-0.2, 0) is 4.74 Å². The zero-order valence-electron chi connectivity index (χ0n) is 9.66. The summed E-state index contributed by atoms with van der Waals surface area (Å²) in [4.78, 5) is 7.32. The van der Waals surface area contributed by atoms with Crippen LogP contribution in [0.15, 0.2) is 6.20 Å². The molecule has 0 radical (unpaired) electrons. The third-order valence-corrected chi connectivity index (χ3v) is 2.81. The molecule has 0 bridgehead atoms. The number of anilines is 2. The van der Waals surface area contributed by atoms with Gasteiger partial charge in [-0.25, -0.2) is 9.37 Å². The molecule has 0 saturated heterocycles. The predicted octanol–water partition coefficient (Wildman–Crippen LogP) is 1.57. The van der Waals surface area contributed by atoms with Crippen molar-refractivity contribution in [3.63, 3.8) is 0 Å². The van der Waals surface area contributed by atoms with E-state index in [1.807, 2.05) is 0 Å². The van der Waals surface area contributed by atoms with Crippen LogP contribution in [0.1, 0.15) is 25.7 Å². The summed E-state index contributed by atoms with van der Waals surface area (Å²) >= 11 is 0. The Hall–Kier alpha value is -1.43. The number of rotatable bonds is 5. The second kappa shape index (κ2) is 5.77. The number of nitrogen functional groups attached to an aromatic ring is 1. The lowest BCUT2D eigenvalue weighted by atomic mass is 10.3. The molecule has 0 spiro atoms. The summed E-state index contributed by atoms with van der Waals surface area (Å²) in [5.74, 6) is -0.307. The van der Waals surface area contributed by atoms with E-state index in [0.29, 0.717) is 19.3 Å². The smallest absolute Gasteiger partial charge is 0.222 e. The Morgan fingerprint density at radius 3 is 3.00 bits per heavy atom. The van der Waals surface area contributed by atoms with Gasteiger partial charge in [0.2, 0.25) is 5.95 Å². The van der Waals surface area contributed by atoms with E-state index in [0.717, 1.165) is 19.0 Å². The molecule has 17 heavy (non-hydrogen) atoms. The maximum absolute atomic E-state index is 13.2. The highest BCUT2D eigenvalue weighted by molar-refractivity contribution is 5.38. The summed E-state index contributed by atoms with van der Waals surface area (Å²) in [6, 6.07) is 0. The quantitative estimate of drug-likeness (QED) is 0.764. The van der Waals surface area contributed by atoms with Gasteiger partial charge in [-0.1, -0.05) is 12.8 Å². The van der Waals surface area contributed by atoms with E-state index in [2.05, 4.69) is 15.3 Å². The topological polar surface area (TPSA) is 73.1 Å². The van der Waals surface area contributed by atoms with Gasteiger partial charge in [-0.3, -0.25) is 0 Å². The van der Waals surface area contributed by atoms with E-state index in [9.17, 15) is 4.39 Å². The Bertz CT molecular complexity index is 368. The number of aromatic nitrogens is 2. The molecular formula is C11H17FN4O. The molecule has 1 aromatic rings. The average Bonchev–Trinajstić information content (AvgIpc) is 2.82.